The molecular formula is C33H35CaFN2O5. The second-order valence-corrected chi connectivity index (χ2v) is 10.4. The normalized spacial score (nSPS) is 12.4. The zero-order chi connectivity index (χ0) is 29.5. The van der Waals surface area contributed by atoms with Gasteiger partial charge in [-0.3, -0.25) is 9.59 Å². The monoisotopic (exact) mass is 598 g/mol. The summed E-state index contributed by atoms with van der Waals surface area (Å²) in [6.45, 7) is 4.25. The Bertz CT molecular complexity index is 1470. The number of aliphatic hydroxyl groups is 2. The van der Waals surface area contributed by atoms with Crippen LogP contribution in [0.1, 0.15) is 55.1 Å². The summed E-state index contributed by atoms with van der Waals surface area (Å²) in [5.74, 6) is -1.93. The van der Waals surface area contributed by atoms with Gasteiger partial charge in [-0.1, -0.05) is 62.4 Å². The number of carboxylic acids is 1. The number of rotatable bonds is 12. The van der Waals surface area contributed by atoms with Crippen LogP contribution in [0.25, 0.3) is 22.4 Å². The molecule has 3 aromatic carbocycles. The van der Waals surface area contributed by atoms with Crippen LogP contribution in [0.15, 0.2) is 84.9 Å². The quantitative estimate of drug-likeness (QED) is 0.151. The first kappa shape index (κ1) is 33.5. The van der Waals surface area contributed by atoms with E-state index in [-0.39, 0.29) is 74.8 Å². The van der Waals surface area contributed by atoms with Gasteiger partial charge in [0.1, 0.15) is 5.82 Å². The zero-order valence-corrected chi connectivity index (χ0v) is 26.0. The third-order valence-corrected chi connectivity index (χ3v) is 6.93. The second-order valence-electron chi connectivity index (χ2n) is 10.4. The van der Waals surface area contributed by atoms with Crippen LogP contribution in [0.5, 0.6) is 0 Å². The predicted octanol–water partition coefficient (Wildman–Crippen LogP) is 5.93. The van der Waals surface area contributed by atoms with Crippen molar-refractivity contribution in [1.82, 2.24) is 4.57 Å². The Labute approximate surface area is 275 Å². The molecular weight excluding hydrogens is 563 g/mol. The van der Waals surface area contributed by atoms with Gasteiger partial charge in [-0.25, -0.2) is 4.39 Å². The fourth-order valence-corrected chi connectivity index (χ4v) is 5.20. The minimum Gasteiger partial charge on any atom is -0.481 e. The Morgan fingerprint density at radius 1 is 0.857 bits per heavy atom. The number of aromatic nitrogens is 1. The van der Waals surface area contributed by atoms with E-state index in [4.69, 9.17) is 5.11 Å². The Morgan fingerprint density at radius 2 is 1.45 bits per heavy atom. The molecule has 4 aromatic rings. The Balaban J connectivity index is 0.00000484. The van der Waals surface area contributed by atoms with Crippen LogP contribution in [0.3, 0.4) is 0 Å². The number of para-hydroxylation sites is 1. The summed E-state index contributed by atoms with van der Waals surface area (Å²) in [5, 5.41) is 32.8. The molecule has 4 rings (SSSR count). The predicted molar refractivity (Wildman–Crippen MR) is 163 cm³/mol. The fourth-order valence-electron chi connectivity index (χ4n) is 5.20. The summed E-state index contributed by atoms with van der Waals surface area (Å²) in [6.07, 6.45) is -2.51. The van der Waals surface area contributed by atoms with Crippen LogP contribution in [-0.2, 0) is 11.3 Å². The maximum absolute atomic E-state index is 14.0. The van der Waals surface area contributed by atoms with E-state index in [1.807, 2.05) is 79.1 Å². The van der Waals surface area contributed by atoms with E-state index < -0.39 is 24.6 Å². The van der Waals surface area contributed by atoms with Crippen molar-refractivity contribution in [3.63, 3.8) is 0 Å². The molecule has 0 aliphatic carbocycles. The van der Waals surface area contributed by atoms with Crippen LogP contribution >= 0.6 is 0 Å². The van der Waals surface area contributed by atoms with Crippen LogP contribution < -0.4 is 5.32 Å². The number of nitrogens with one attached hydrogen (secondary N) is 1. The number of hydrogen-bond donors (Lipinski definition) is 4. The number of halogens is 1. The summed E-state index contributed by atoms with van der Waals surface area (Å²) in [4.78, 5) is 25.0. The van der Waals surface area contributed by atoms with Gasteiger partial charge in [-0.15, -0.1) is 0 Å². The van der Waals surface area contributed by atoms with Crippen LogP contribution in [0.4, 0.5) is 10.1 Å². The van der Waals surface area contributed by atoms with Gasteiger partial charge >= 0.3 is 5.97 Å². The first-order valence-electron chi connectivity index (χ1n) is 13.7. The number of anilines is 1. The molecule has 0 saturated carbocycles. The summed E-state index contributed by atoms with van der Waals surface area (Å²) < 4.78 is 16.0. The third-order valence-electron chi connectivity index (χ3n) is 6.93. The van der Waals surface area contributed by atoms with Crippen molar-refractivity contribution in [2.45, 2.75) is 57.8 Å². The summed E-state index contributed by atoms with van der Waals surface area (Å²) in [6, 6.07) is 24.8. The minimum absolute atomic E-state index is 0. The van der Waals surface area contributed by atoms with E-state index in [0.29, 0.717) is 28.1 Å². The SMILES string of the molecule is CC(C)c1c(C(=O)Nc2ccccc2)c(-c2ccccc2)c(-c2ccc(F)cc2)n1CC[C@@H](O)C[C@@H](O)CC(=O)O.[Ca]. The van der Waals surface area contributed by atoms with Crippen molar-refractivity contribution in [1.29, 1.82) is 0 Å². The van der Waals surface area contributed by atoms with Gasteiger partial charge in [0.2, 0.25) is 0 Å². The van der Waals surface area contributed by atoms with Gasteiger partial charge in [-0.2, -0.15) is 0 Å². The Morgan fingerprint density at radius 3 is 2.02 bits per heavy atom. The number of benzene rings is 3. The molecule has 0 aliphatic heterocycles. The van der Waals surface area contributed by atoms with Gasteiger partial charge in [0.25, 0.3) is 5.91 Å². The van der Waals surface area contributed by atoms with Crippen molar-refractivity contribution >= 4 is 55.3 Å². The smallest absolute Gasteiger partial charge is 0.305 e. The molecule has 0 unspecified atom stereocenters. The van der Waals surface area contributed by atoms with Crippen LogP contribution in [0.2, 0.25) is 0 Å². The molecule has 2 atom stereocenters. The van der Waals surface area contributed by atoms with Gasteiger partial charge in [-0.05, 0) is 66.3 Å². The van der Waals surface area contributed by atoms with Gasteiger partial charge < -0.3 is 25.2 Å². The topological polar surface area (TPSA) is 112 Å². The molecule has 1 amide bonds. The number of aliphatic carboxylic acids is 1. The van der Waals surface area contributed by atoms with Crippen molar-refractivity contribution in [2.75, 3.05) is 5.32 Å². The first-order chi connectivity index (χ1) is 19.7. The number of carbonyl (C=O) groups is 2. The molecule has 0 fully saturated rings. The number of carbonyl (C=O) groups excluding carboxylic acids is 1. The van der Waals surface area contributed by atoms with Crippen molar-refractivity contribution in [2.24, 2.45) is 0 Å². The third kappa shape index (κ3) is 8.30. The van der Waals surface area contributed by atoms with E-state index in [2.05, 4.69) is 5.32 Å². The molecule has 216 valence electrons. The van der Waals surface area contributed by atoms with E-state index in [1.165, 1.54) is 12.1 Å². The van der Waals surface area contributed by atoms with Gasteiger partial charge in [0.15, 0.2) is 0 Å². The number of hydrogen-bond acceptors (Lipinski definition) is 4. The van der Waals surface area contributed by atoms with Crippen LogP contribution in [-0.4, -0.2) is 81.7 Å². The molecule has 42 heavy (non-hydrogen) atoms. The summed E-state index contributed by atoms with van der Waals surface area (Å²) in [7, 11) is 0. The van der Waals surface area contributed by atoms with Crippen LogP contribution in [0, 0.1) is 5.82 Å². The maximum Gasteiger partial charge on any atom is 0.305 e. The molecule has 2 radical (unpaired) electrons. The van der Waals surface area contributed by atoms with E-state index >= 15 is 0 Å². The van der Waals surface area contributed by atoms with Crippen molar-refractivity contribution < 1.29 is 29.3 Å². The fraction of sp³-hybridized carbons (Fsp3) is 0.273. The molecule has 0 bridgehead atoms. The summed E-state index contributed by atoms with van der Waals surface area (Å²) >= 11 is 0. The Kier molecular flexibility index (Phi) is 12.3. The standard InChI is InChI=1S/C33H35FN2O5.Ca/c1-21(2)31-30(33(41)35-25-11-7-4-8-12-25)29(22-9-5-3-6-10-22)32(23-13-15-24(34)16-14-23)36(31)18-17-26(37)19-27(38)20-28(39)40;/h3-16,21,26-27,37-38H,17-20H2,1-2H3,(H,35,41)(H,39,40);/t26-,27-;/m1./s1. The largest absolute Gasteiger partial charge is 0.481 e. The van der Waals surface area contributed by atoms with Gasteiger partial charge in [0.05, 0.1) is 29.9 Å². The number of aliphatic hydroxyl groups excluding tert-OH is 2. The minimum atomic E-state index is -1.18. The number of carboxylic acid groups (broad SMARTS) is 1. The molecule has 1 heterocycles. The van der Waals surface area contributed by atoms with E-state index in [0.717, 1.165) is 11.3 Å². The molecule has 0 spiro atoms. The summed E-state index contributed by atoms with van der Waals surface area (Å²) in [5.41, 5.74) is 4.77. The Hall–Kier alpha value is -3.01. The molecule has 0 saturated heterocycles. The molecule has 4 N–H and O–H groups in total. The van der Waals surface area contributed by atoms with E-state index in [1.54, 1.807) is 12.1 Å². The van der Waals surface area contributed by atoms with Crippen molar-refractivity contribution in [3.05, 3.63) is 102 Å². The van der Waals surface area contributed by atoms with Gasteiger partial charge in [0, 0.05) is 61.2 Å². The molecule has 9 heteroatoms. The maximum atomic E-state index is 14.0. The number of nitrogens with zero attached hydrogens (tertiary/aromatic N) is 1. The molecule has 1 aromatic heterocycles. The average molecular weight is 599 g/mol. The number of amides is 1. The van der Waals surface area contributed by atoms with E-state index in [9.17, 15) is 24.2 Å². The molecule has 0 aliphatic rings. The second kappa shape index (κ2) is 15.5. The average Bonchev–Trinajstić information content (AvgIpc) is 3.28. The first-order valence-corrected chi connectivity index (χ1v) is 13.7. The van der Waals surface area contributed by atoms with Crippen molar-refractivity contribution in [3.8, 4) is 22.4 Å². The molecule has 7 nitrogen and oxygen atoms in total. The zero-order valence-electron chi connectivity index (χ0n) is 23.8.